The maximum atomic E-state index is 4.40. The lowest BCUT2D eigenvalue weighted by Gasteiger charge is -2.28. The fourth-order valence-corrected chi connectivity index (χ4v) is 2.37. The molecule has 1 aromatic rings. The van der Waals surface area contributed by atoms with Crippen molar-refractivity contribution in [3.05, 3.63) is 11.9 Å². The lowest BCUT2D eigenvalue weighted by atomic mass is 10.1. The third-order valence-electron chi connectivity index (χ3n) is 3.30. The number of hydrogen-bond donors (Lipinski definition) is 2. The van der Waals surface area contributed by atoms with E-state index < -0.39 is 0 Å². The average molecular weight is 249 g/mol. The zero-order valence-corrected chi connectivity index (χ0v) is 11.4. The van der Waals surface area contributed by atoms with Crippen molar-refractivity contribution in [1.82, 2.24) is 15.0 Å². The van der Waals surface area contributed by atoms with Crippen molar-refractivity contribution in [2.45, 2.75) is 39.0 Å². The number of hydrogen-bond acceptors (Lipinski definition) is 5. The van der Waals surface area contributed by atoms with E-state index in [0.717, 1.165) is 37.6 Å². The van der Waals surface area contributed by atoms with Crippen LogP contribution in [-0.2, 0) is 6.42 Å². The third kappa shape index (κ3) is 3.10. The summed E-state index contributed by atoms with van der Waals surface area (Å²) in [6, 6.07) is 0. The molecule has 0 aromatic carbocycles. The van der Waals surface area contributed by atoms with Gasteiger partial charge in [0.25, 0.3) is 0 Å². The van der Waals surface area contributed by atoms with Gasteiger partial charge in [0.15, 0.2) is 0 Å². The van der Waals surface area contributed by atoms with E-state index in [4.69, 9.17) is 0 Å². The molecule has 5 nitrogen and oxygen atoms in total. The zero-order valence-electron chi connectivity index (χ0n) is 11.4. The number of anilines is 2. The van der Waals surface area contributed by atoms with Crippen LogP contribution in [0.25, 0.3) is 0 Å². The van der Waals surface area contributed by atoms with Crippen molar-refractivity contribution in [3.63, 3.8) is 0 Å². The minimum atomic E-state index is 0.936. The Balaban J connectivity index is 2.14. The predicted octanol–water partition coefficient (Wildman–Crippen LogP) is 2.28. The third-order valence-corrected chi connectivity index (χ3v) is 3.30. The van der Waals surface area contributed by atoms with Crippen molar-refractivity contribution in [2.75, 3.05) is 30.9 Å². The van der Waals surface area contributed by atoms with Gasteiger partial charge in [-0.1, -0.05) is 19.8 Å². The molecule has 0 amide bonds. The minimum absolute atomic E-state index is 0.936. The summed E-state index contributed by atoms with van der Waals surface area (Å²) in [5.41, 5.74) is 4.64. The van der Waals surface area contributed by atoms with Gasteiger partial charge in [0, 0.05) is 25.7 Å². The summed E-state index contributed by atoms with van der Waals surface area (Å²) >= 11 is 0. The van der Waals surface area contributed by atoms with Crippen LogP contribution in [0, 0.1) is 0 Å². The smallest absolute Gasteiger partial charge is 0.149 e. The minimum Gasteiger partial charge on any atom is -0.373 e. The molecule has 1 aliphatic heterocycles. The van der Waals surface area contributed by atoms with E-state index in [1.54, 1.807) is 6.33 Å². The normalized spacial score (nSPS) is 16.6. The number of nitrogens with zero attached hydrogens (tertiary/aromatic N) is 3. The summed E-state index contributed by atoms with van der Waals surface area (Å²) in [5, 5.41) is 5.42. The van der Waals surface area contributed by atoms with Gasteiger partial charge in [0.05, 0.1) is 0 Å². The fraction of sp³-hybridized carbons (Fsp3) is 0.692. The second-order valence-corrected chi connectivity index (χ2v) is 4.71. The molecule has 1 fully saturated rings. The highest BCUT2D eigenvalue weighted by molar-refractivity contribution is 5.56. The molecular formula is C13H23N5. The Kier molecular flexibility index (Phi) is 4.75. The van der Waals surface area contributed by atoms with Crippen LogP contribution >= 0.6 is 0 Å². The first-order valence-electron chi connectivity index (χ1n) is 6.88. The first-order valence-corrected chi connectivity index (χ1v) is 6.88. The van der Waals surface area contributed by atoms with Crippen molar-refractivity contribution in [3.8, 4) is 0 Å². The van der Waals surface area contributed by atoms with Crippen LogP contribution in [0.3, 0.4) is 0 Å². The molecule has 0 saturated carbocycles. The van der Waals surface area contributed by atoms with E-state index in [9.17, 15) is 0 Å². The SMILES string of the molecule is CCCc1c(NC)ncnc1NN1CCCCC1. The highest BCUT2D eigenvalue weighted by Crippen LogP contribution is 2.22. The second-order valence-electron chi connectivity index (χ2n) is 4.71. The number of nitrogens with one attached hydrogen (secondary N) is 2. The lowest BCUT2D eigenvalue weighted by molar-refractivity contribution is 0.272. The molecule has 18 heavy (non-hydrogen) atoms. The van der Waals surface area contributed by atoms with Crippen LogP contribution < -0.4 is 10.7 Å². The molecule has 1 aliphatic rings. The van der Waals surface area contributed by atoms with Crippen LogP contribution in [0.5, 0.6) is 0 Å². The predicted molar refractivity (Wildman–Crippen MR) is 74.6 cm³/mol. The summed E-state index contributed by atoms with van der Waals surface area (Å²) in [6.45, 7) is 4.38. The van der Waals surface area contributed by atoms with Crippen molar-refractivity contribution < 1.29 is 0 Å². The van der Waals surface area contributed by atoms with Gasteiger partial charge in [-0.05, 0) is 19.3 Å². The van der Waals surface area contributed by atoms with E-state index in [1.165, 1.54) is 24.8 Å². The van der Waals surface area contributed by atoms with E-state index >= 15 is 0 Å². The lowest BCUT2D eigenvalue weighted by Crippen LogP contribution is -2.35. The van der Waals surface area contributed by atoms with Crippen molar-refractivity contribution in [2.24, 2.45) is 0 Å². The van der Waals surface area contributed by atoms with Gasteiger partial charge in [-0.3, -0.25) is 0 Å². The Bertz CT molecular complexity index is 374. The summed E-state index contributed by atoms with van der Waals surface area (Å²) in [7, 11) is 1.91. The Morgan fingerprint density at radius 1 is 1.17 bits per heavy atom. The molecule has 2 heterocycles. The Morgan fingerprint density at radius 3 is 2.56 bits per heavy atom. The maximum Gasteiger partial charge on any atom is 0.149 e. The molecule has 2 rings (SSSR count). The second kappa shape index (κ2) is 6.54. The Hall–Kier alpha value is -1.36. The molecule has 0 radical (unpaired) electrons. The maximum absolute atomic E-state index is 4.40. The van der Waals surface area contributed by atoms with Gasteiger partial charge in [-0.15, -0.1) is 0 Å². The zero-order chi connectivity index (χ0) is 12.8. The van der Waals surface area contributed by atoms with E-state index in [0.29, 0.717) is 0 Å². The molecule has 1 saturated heterocycles. The molecule has 5 heteroatoms. The number of hydrazine groups is 1. The highest BCUT2D eigenvalue weighted by Gasteiger charge is 2.14. The van der Waals surface area contributed by atoms with E-state index in [1.807, 2.05) is 7.05 Å². The molecule has 1 aromatic heterocycles. The summed E-state index contributed by atoms with van der Waals surface area (Å²) in [5.74, 6) is 1.89. The first kappa shape index (κ1) is 13.1. The largest absolute Gasteiger partial charge is 0.373 e. The molecule has 0 bridgehead atoms. The van der Waals surface area contributed by atoms with Crippen molar-refractivity contribution in [1.29, 1.82) is 0 Å². The van der Waals surface area contributed by atoms with Crippen LogP contribution in [0.2, 0.25) is 0 Å². The highest BCUT2D eigenvalue weighted by atomic mass is 15.5. The molecule has 0 atom stereocenters. The van der Waals surface area contributed by atoms with Gasteiger partial charge in [-0.25, -0.2) is 15.0 Å². The van der Waals surface area contributed by atoms with Gasteiger partial charge in [-0.2, -0.15) is 0 Å². The van der Waals surface area contributed by atoms with E-state index in [-0.39, 0.29) is 0 Å². The van der Waals surface area contributed by atoms with Crippen molar-refractivity contribution >= 4 is 11.6 Å². The number of piperidine rings is 1. The summed E-state index contributed by atoms with van der Waals surface area (Å²) in [4.78, 5) is 8.68. The molecule has 0 aliphatic carbocycles. The van der Waals surface area contributed by atoms with Crippen LogP contribution in [0.15, 0.2) is 6.33 Å². The molecule has 0 spiro atoms. The van der Waals surface area contributed by atoms with Crippen LogP contribution in [0.1, 0.15) is 38.2 Å². The molecule has 0 unspecified atom stereocenters. The van der Waals surface area contributed by atoms with Gasteiger partial charge < -0.3 is 10.7 Å². The summed E-state index contributed by atoms with van der Waals surface area (Å²) in [6.07, 6.45) is 7.58. The first-order chi connectivity index (χ1) is 8.85. The fourth-order valence-electron chi connectivity index (χ4n) is 2.37. The Labute approximate surface area is 109 Å². The molecule has 2 N–H and O–H groups in total. The van der Waals surface area contributed by atoms with Crippen LogP contribution in [0.4, 0.5) is 11.6 Å². The van der Waals surface area contributed by atoms with Gasteiger partial charge in [0.2, 0.25) is 0 Å². The number of aromatic nitrogens is 2. The monoisotopic (exact) mass is 249 g/mol. The van der Waals surface area contributed by atoms with Crippen LogP contribution in [-0.4, -0.2) is 35.1 Å². The number of rotatable bonds is 5. The topological polar surface area (TPSA) is 53.1 Å². The Morgan fingerprint density at radius 2 is 1.89 bits per heavy atom. The summed E-state index contributed by atoms with van der Waals surface area (Å²) < 4.78 is 0. The molecular weight excluding hydrogens is 226 g/mol. The standard InChI is InChI=1S/C13H23N5/c1-3-7-11-12(14-2)15-10-16-13(11)17-18-8-5-4-6-9-18/h10H,3-9H2,1-2H3,(H2,14,15,16,17). The average Bonchev–Trinajstić information content (AvgIpc) is 2.42. The van der Waals surface area contributed by atoms with Gasteiger partial charge >= 0.3 is 0 Å². The van der Waals surface area contributed by atoms with E-state index in [2.05, 4.69) is 32.6 Å². The quantitative estimate of drug-likeness (QED) is 0.838. The van der Waals surface area contributed by atoms with Gasteiger partial charge in [0.1, 0.15) is 18.0 Å². The molecule has 100 valence electrons.